The van der Waals surface area contributed by atoms with Crippen LogP contribution < -0.4 is 9.80 Å². The van der Waals surface area contributed by atoms with Crippen molar-refractivity contribution in [3.05, 3.63) is 216 Å². The minimum Gasteiger partial charge on any atom is -0.456 e. The van der Waals surface area contributed by atoms with Gasteiger partial charge in [-0.3, -0.25) is 0 Å². The summed E-state index contributed by atoms with van der Waals surface area (Å²) in [6, 6.07) is 70.4. The van der Waals surface area contributed by atoms with Crippen molar-refractivity contribution >= 4 is 78.0 Å². The number of furan rings is 2. The maximum atomic E-state index is 6.83. The van der Waals surface area contributed by atoms with Crippen LogP contribution in [0.2, 0.25) is 0 Å². The van der Waals surface area contributed by atoms with Gasteiger partial charge in [-0.1, -0.05) is 155 Å². The second-order valence-electron chi connectivity index (χ2n) is 18.5. The predicted octanol–water partition coefficient (Wildman–Crippen LogP) is 17.0. The van der Waals surface area contributed by atoms with Crippen molar-refractivity contribution in [3.63, 3.8) is 0 Å². The average Bonchev–Trinajstić information content (AvgIpc) is 4.03. The second kappa shape index (κ2) is 13.3. The first kappa shape index (κ1) is 36.8. The molecule has 306 valence electrons. The van der Waals surface area contributed by atoms with E-state index >= 15 is 0 Å². The van der Waals surface area contributed by atoms with Gasteiger partial charge in [0.25, 0.3) is 0 Å². The maximum absolute atomic E-state index is 6.83. The molecule has 2 aliphatic carbocycles. The summed E-state index contributed by atoms with van der Waals surface area (Å²) in [5, 5.41) is 4.36. The predicted molar refractivity (Wildman–Crippen MR) is 265 cm³/mol. The zero-order chi connectivity index (χ0) is 42.9. The van der Waals surface area contributed by atoms with E-state index in [0.29, 0.717) is 0 Å². The Kier molecular flexibility index (Phi) is 7.67. The molecule has 2 aliphatic rings. The van der Waals surface area contributed by atoms with Gasteiger partial charge in [-0.25, -0.2) is 0 Å². The van der Waals surface area contributed by atoms with E-state index in [4.69, 9.17) is 8.83 Å². The summed E-state index contributed by atoms with van der Waals surface area (Å²) >= 11 is 0. The molecule has 0 unspecified atom stereocenters. The van der Waals surface area contributed by atoms with Crippen molar-refractivity contribution in [2.75, 3.05) is 9.80 Å². The molecule has 0 bridgehead atoms. The van der Waals surface area contributed by atoms with E-state index in [1.807, 2.05) is 12.1 Å². The normalized spacial score (nSPS) is 14.2. The summed E-state index contributed by atoms with van der Waals surface area (Å²) in [6.07, 6.45) is 0. The van der Waals surface area contributed by atoms with Gasteiger partial charge in [0, 0.05) is 44.1 Å². The van der Waals surface area contributed by atoms with Gasteiger partial charge in [-0.2, -0.15) is 0 Å². The van der Waals surface area contributed by atoms with Gasteiger partial charge in [-0.05, 0) is 111 Å². The fourth-order valence-electron chi connectivity index (χ4n) is 11.3. The standard InChI is InChI=1S/C60H44N2O2/c1-59(2)47-25-9-6-20-41(47)46-36-39(33-34-49(46)59)61(52-29-15-24-44-42-21-7-11-30-53(42)64-58(44)52)37-17-13-18-38(35-37)62(50-27-16-32-55-56(50)45-22-8-12-31-54(45)63-55)51-28-14-23-43-40-19-5-10-26-48(40)60(3,4)57(43)51/h5-36H,1-4H3. The number of rotatable bonds is 6. The quantitative estimate of drug-likeness (QED) is 0.167. The first-order valence-electron chi connectivity index (χ1n) is 22.3. The van der Waals surface area contributed by atoms with Crippen LogP contribution in [0.4, 0.5) is 34.1 Å². The number of anilines is 6. The van der Waals surface area contributed by atoms with E-state index in [0.717, 1.165) is 78.0 Å². The SMILES string of the molecule is CC1(C)c2ccccc2-c2cc(N(c3cccc(N(c4cccc5c4C(C)(C)c4ccccc4-5)c4cccc5oc6ccccc6c45)c3)c3cccc4c3oc3ccccc34)ccc21. The van der Waals surface area contributed by atoms with E-state index in [1.165, 1.54) is 44.5 Å². The third kappa shape index (κ3) is 5.11. The van der Waals surface area contributed by atoms with Crippen molar-refractivity contribution < 1.29 is 8.83 Å². The highest BCUT2D eigenvalue weighted by Crippen LogP contribution is 2.56. The lowest BCUT2D eigenvalue weighted by molar-refractivity contribution is 0.660. The molecule has 0 radical (unpaired) electrons. The number of hydrogen-bond acceptors (Lipinski definition) is 4. The van der Waals surface area contributed by atoms with Crippen LogP contribution in [0, 0.1) is 0 Å². The van der Waals surface area contributed by atoms with Crippen molar-refractivity contribution in [3.8, 4) is 22.3 Å². The number of fused-ring (bicyclic) bond motifs is 12. The van der Waals surface area contributed by atoms with E-state index in [9.17, 15) is 0 Å². The van der Waals surface area contributed by atoms with Crippen LogP contribution in [0.5, 0.6) is 0 Å². The number of nitrogens with zero attached hydrogens (tertiary/aromatic N) is 2. The Morgan fingerprint density at radius 1 is 0.344 bits per heavy atom. The smallest absolute Gasteiger partial charge is 0.159 e. The van der Waals surface area contributed by atoms with Gasteiger partial charge in [0.2, 0.25) is 0 Å². The fourth-order valence-corrected chi connectivity index (χ4v) is 11.3. The zero-order valence-corrected chi connectivity index (χ0v) is 36.2. The van der Waals surface area contributed by atoms with Gasteiger partial charge >= 0.3 is 0 Å². The maximum Gasteiger partial charge on any atom is 0.159 e. The Labute approximate surface area is 372 Å². The van der Waals surface area contributed by atoms with Crippen molar-refractivity contribution in [2.45, 2.75) is 38.5 Å². The van der Waals surface area contributed by atoms with Gasteiger partial charge in [0.1, 0.15) is 16.7 Å². The molecule has 4 heteroatoms. The van der Waals surface area contributed by atoms with Crippen molar-refractivity contribution in [1.82, 2.24) is 0 Å². The van der Waals surface area contributed by atoms with Crippen molar-refractivity contribution in [1.29, 1.82) is 0 Å². The monoisotopic (exact) mass is 824 g/mol. The molecule has 2 heterocycles. The van der Waals surface area contributed by atoms with Gasteiger partial charge in [0.15, 0.2) is 5.58 Å². The first-order chi connectivity index (χ1) is 31.3. The average molecular weight is 825 g/mol. The summed E-state index contributed by atoms with van der Waals surface area (Å²) in [5.74, 6) is 0. The summed E-state index contributed by atoms with van der Waals surface area (Å²) in [7, 11) is 0. The summed E-state index contributed by atoms with van der Waals surface area (Å²) < 4.78 is 13.4. The van der Waals surface area contributed by atoms with Crippen LogP contribution in [-0.2, 0) is 10.8 Å². The molecular weight excluding hydrogens is 781 g/mol. The highest BCUT2D eigenvalue weighted by molar-refractivity contribution is 6.14. The molecule has 0 amide bonds. The molecule has 2 aromatic heterocycles. The number of benzene rings is 9. The molecule has 9 aromatic carbocycles. The molecular formula is C60H44N2O2. The second-order valence-corrected chi connectivity index (χ2v) is 18.5. The molecule has 64 heavy (non-hydrogen) atoms. The largest absolute Gasteiger partial charge is 0.456 e. The minimum absolute atomic E-state index is 0.115. The van der Waals surface area contributed by atoms with Crippen LogP contribution in [0.25, 0.3) is 66.1 Å². The first-order valence-corrected chi connectivity index (χ1v) is 22.3. The van der Waals surface area contributed by atoms with Crippen LogP contribution in [-0.4, -0.2) is 0 Å². The lowest BCUT2D eigenvalue weighted by Gasteiger charge is -2.33. The molecule has 0 saturated heterocycles. The minimum atomic E-state index is -0.262. The molecule has 0 N–H and O–H groups in total. The molecule has 4 nitrogen and oxygen atoms in total. The molecule has 0 atom stereocenters. The van der Waals surface area contributed by atoms with Crippen LogP contribution in [0.3, 0.4) is 0 Å². The number of hydrogen-bond donors (Lipinski definition) is 0. The summed E-state index contributed by atoms with van der Waals surface area (Å²) in [5.41, 5.74) is 19.8. The lowest BCUT2D eigenvalue weighted by atomic mass is 9.81. The van der Waals surface area contributed by atoms with E-state index in [-0.39, 0.29) is 10.8 Å². The molecule has 0 spiro atoms. The highest BCUT2D eigenvalue weighted by atomic mass is 16.3. The van der Waals surface area contributed by atoms with Crippen LogP contribution in [0.1, 0.15) is 49.9 Å². The van der Waals surface area contributed by atoms with Gasteiger partial charge in [0.05, 0.1) is 22.4 Å². The highest BCUT2D eigenvalue weighted by Gasteiger charge is 2.40. The number of para-hydroxylation sites is 3. The third-order valence-corrected chi connectivity index (χ3v) is 14.2. The molecule has 13 rings (SSSR count). The fraction of sp³-hybridized carbons (Fsp3) is 0.100. The molecule has 0 aliphatic heterocycles. The molecule has 0 saturated carbocycles. The van der Waals surface area contributed by atoms with Crippen LogP contribution >= 0.6 is 0 Å². The van der Waals surface area contributed by atoms with E-state index in [2.05, 4.69) is 219 Å². The Morgan fingerprint density at radius 2 is 0.875 bits per heavy atom. The molecule has 0 fully saturated rings. The third-order valence-electron chi connectivity index (χ3n) is 14.2. The topological polar surface area (TPSA) is 32.8 Å². The van der Waals surface area contributed by atoms with E-state index < -0.39 is 0 Å². The van der Waals surface area contributed by atoms with Gasteiger partial charge < -0.3 is 18.6 Å². The van der Waals surface area contributed by atoms with Crippen LogP contribution in [0.15, 0.2) is 203 Å². The zero-order valence-electron chi connectivity index (χ0n) is 36.2. The van der Waals surface area contributed by atoms with Crippen molar-refractivity contribution in [2.24, 2.45) is 0 Å². The lowest BCUT2D eigenvalue weighted by Crippen LogP contribution is -2.21. The van der Waals surface area contributed by atoms with E-state index in [1.54, 1.807) is 0 Å². The Hall–Kier alpha value is -7.82. The summed E-state index contributed by atoms with van der Waals surface area (Å²) in [4.78, 5) is 4.87. The van der Waals surface area contributed by atoms with Gasteiger partial charge in [-0.15, -0.1) is 0 Å². The summed E-state index contributed by atoms with van der Waals surface area (Å²) in [6.45, 7) is 9.41. The molecule has 11 aromatic rings. The Morgan fingerprint density at radius 3 is 1.69 bits per heavy atom. The Balaban J connectivity index is 1.09. The Bertz CT molecular complexity index is 3710.